The number of carboxylic acids is 1. The first-order valence-electron chi connectivity index (χ1n) is 4.10. The highest BCUT2D eigenvalue weighted by atomic mass is 19.4. The van der Waals surface area contributed by atoms with E-state index >= 15 is 0 Å². The molecule has 0 aromatic heterocycles. The summed E-state index contributed by atoms with van der Waals surface area (Å²) in [5.41, 5.74) is 5.11. The third-order valence-electron chi connectivity index (χ3n) is 1.60. The van der Waals surface area contributed by atoms with Crippen molar-refractivity contribution in [3.05, 3.63) is 0 Å². The van der Waals surface area contributed by atoms with Crippen molar-refractivity contribution in [1.82, 2.24) is 5.32 Å². The minimum atomic E-state index is -4.71. The maximum atomic E-state index is 12.0. The third-order valence-corrected chi connectivity index (χ3v) is 1.60. The minimum absolute atomic E-state index is 0.288. The van der Waals surface area contributed by atoms with Crippen LogP contribution in [0.1, 0.15) is 6.42 Å². The van der Waals surface area contributed by atoms with Gasteiger partial charge in [-0.3, -0.25) is 4.79 Å². The van der Waals surface area contributed by atoms with Crippen LogP contribution in [0.25, 0.3) is 0 Å². The molecular weight excluding hydrogens is 201 g/mol. The molecular formula is C7H13F3N2O2. The Morgan fingerprint density at radius 1 is 1.50 bits per heavy atom. The zero-order chi connectivity index (χ0) is 11.2. The summed E-state index contributed by atoms with van der Waals surface area (Å²) in [5.74, 6) is -4.21. The van der Waals surface area contributed by atoms with E-state index in [1.165, 1.54) is 0 Å². The summed E-state index contributed by atoms with van der Waals surface area (Å²) in [4.78, 5) is 10.2. The Bertz CT molecular complexity index is 184. The van der Waals surface area contributed by atoms with Crippen molar-refractivity contribution in [3.63, 3.8) is 0 Å². The summed E-state index contributed by atoms with van der Waals surface area (Å²) in [6.45, 7) is 0.0337. The highest BCUT2D eigenvalue weighted by Crippen LogP contribution is 2.25. The van der Waals surface area contributed by atoms with Crippen LogP contribution < -0.4 is 11.1 Å². The summed E-state index contributed by atoms with van der Waals surface area (Å²) in [6.07, 6.45) is -4.19. The van der Waals surface area contributed by atoms with E-state index < -0.39 is 24.6 Å². The predicted octanol–water partition coefficient (Wildman–Crippen LogP) is 0.188. The lowest BCUT2D eigenvalue weighted by Crippen LogP contribution is -2.39. The quantitative estimate of drug-likeness (QED) is 0.552. The molecule has 0 bridgehead atoms. The van der Waals surface area contributed by atoms with Gasteiger partial charge in [0.1, 0.15) is 0 Å². The summed E-state index contributed by atoms with van der Waals surface area (Å²) >= 11 is 0. The number of rotatable bonds is 6. The van der Waals surface area contributed by atoms with Gasteiger partial charge < -0.3 is 16.2 Å². The smallest absolute Gasteiger partial charge is 0.403 e. The van der Waals surface area contributed by atoms with Gasteiger partial charge in [-0.15, -0.1) is 0 Å². The van der Waals surface area contributed by atoms with Crippen LogP contribution in [-0.2, 0) is 4.79 Å². The molecule has 0 saturated carbocycles. The number of alkyl halides is 3. The summed E-state index contributed by atoms with van der Waals surface area (Å²) in [5, 5.41) is 10.7. The van der Waals surface area contributed by atoms with Gasteiger partial charge in [-0.25, -0.2) is 0 Å². The summed E-state index contributed by atoms with van der Waals surface area (Å²) < 4.78 is 36.1. The number of nitrogens with one attached hydrogen (secondary N) is 1. The maximum Gasteiger partial charge on any atom is 0.403 e. The SMILES string of the molecule is NCCCNCC(C(=O)O)C(F)(F)F. The topological polar surface area (TPSA) is 75.3 Å². The zero-order valence-electron chi connectivity index (χ0n) is 7.47. The molecule has 0 rings (SSSR count). The van der Waals surface area contributed by atoms with Crippen molar-refractivity contribution >= 4 is 5.97 Å². The van der Waals surface area contributed by atoms with Crippen molar-refractivity contribution in [2.24, 2.45) is 11.7 Å². The first kappa shape index (κ1) is 13.2. The number of hydrogen-bond acceptors (Lipinski definition) is 3. The van der Waals surface area contributed by atoms with Gasteiger partial charge in [0.05, 0.1) is 0 Å². The average Bonchev–Trinajstić information content (AvgIpc) is 2.01. The number of nitrogens with two attached hydrogens (primary N) is 1. The Morgan fingerprint density at radius 2 is 2.07 bits per heavy atom. The number of hydrogen-bond donors (Lipinski definition) is 3. The second-order valence-corrected chi connectivity index (χ2v) is 2.78. The van der Waals surface area contributed by atoms with E-state index in [1.807, 2.05) is 0 Å². The van der Waals surface area contributed by atoms with Crippen molar-refractivity contribution < 1.29 is 23.1 Å². The molecule has 1 atom stereocenters. The molecule has 0 radical (unpaired) electrons. The normalized spacial score (nSPS) is 14.0. The molecule has 0 aliphatic carbocycles. The van der Waals surface area contributed by atoms with E-state index in [9.17, 15) is 18.0 Å². The van der Waals surface area contributed by atoms with E-state index in [1.54, 1.807) is 0 Å². The summed E-state index contributed by atoms with van der Waals surface area (Å²) in [7, 11) is 0. The number of carbonyl (C=O) groups is 1. The second kappa shape index (κ2) is 5.82. The molecule has 0 amide bonds. The lowest BCUT2D eigenvalue weighted by atomic mass is 10.1. The standard InChI is InChI=1S/C7H13F3N2O2/c8-7(9,10)5(6(13)14)4-12-3-1-2-11/h5,12H,1-4,11H2,(H,13,14). The number of aliphatic carboxylic acids is 1. The molecule has 1 unspecified atom stereocenters. The highest BCUT2D eigenvalue weighted by Gasteiger charge is 2.44. The lowest BCUT2D eigenvalue weighted by molar-refractivity contribution is -0.192. The Balaban J connectivity index is 3.94. The number of carboxylic acid groups (broad SMARTS) is 1. The minimum Gasteiger partial charge on any atom is -0.481 e. The van der Waals surface area contributed by atoms with E-state index in [-0.39, 0.29) is 6.54 Å². The fraction of sp³-hybridized carbons (Fsp3) is 0.857. The zero-order valence-corrected chi connectivity index (χ0v) is 7.47. The first-order chi connectivity index (χ1) is 6.39. The molecule has 0 aromatic carbocycles. The van der Waals surface area contributed by atoms with Crippen LogP contribution in [0, 0.1) is 5.92 Å². The van der Waals surface area contributed by atoms with Crippen LogP contribution >= 0.6 is 0 Å². The van der Waals surface area contributed by atoms with Gasteiger partial charge in [-0.05, 0) is 19.5 Å². The highest BCUT2D eigenvalue weighted by molar-refractivity contribution is 5.71. The fourth-order valence-electron chi connectivity index (χ4n) is 0.817. The fourth-order valence-corrected chi connectivity index (χ4v) is 0.817. The molecule has 0 saturated heterocycles. The van der Waals surface area contributed by atoms with Crippen LogP contribution in [-0.4, -0.2) is 36.9 Å². The van der Waals surface area contributed by atoms with Crippen LogP contribution in [0.2, 0.25) is 0 Å². The monoisotopic (exact) mass is 214 g/mol. The van der Waals surface area contributed by atoms with Crippen molar-refractivity contribution in [2.75, 3.05) is 19.6 Å². The Hall–Kier alpha value is -0.820. The molecule has 0 aliphatic rings. The van der Waals surface area contributed by atoms with E-state index in [4.69, 9.17) is 10.8 Å². The average molecular weight is 214 g/mol. The second-order valence-electron chi connectivity index (χ2n) is 2.78. The largest absolute Gasteiger partial charge is 0.481 e. The molecule has 0 fully saturated rings. The van der Waals surface area contributed by atoms with Gasteiger partial charge >= 0.3 is 12.1 Å². The lowest BCUT2D eigenvalue weighted by Gasteiger charge is -2.16. The molecule has 0 aliphatic heterocycles. The molecule has 0 heterocycles. The van der Waals surface area contributed by atoms with E-state index in [2.05, 4.69) is 5.32 Å². The molecule has 4 N–H and O–H groups in total. The Kier molecular flexibility index (Phi) is 5.47. The molecule has 4 nitrogen and oxygen atoms in total. The van der Waals surface area contributed by atoms with Crippen molar-refractivity contribution in [1.29, 1.82) is 0 Å². The third kappa shape index (κ3) is 5.03. The van der Waals surface area contributed by atoms with Gasteiger partial charge in [0.2, 0.25) is 0 Å². The van der Waals surface area contributed by atoms with Crippen molar-refractivity contribution in [3.8, 4) is 0 Å². The van der Waals surface area contributed by atoms with Crippen LogP contribution in [0.4, 0.5) is 13.2 Å². The van der Waals surface area contributed by atoms with Gasteiger partial charge in [0.15, 0.2) is 5.92 Å². The van der Waals surface area contributed by atoms with E-state index in [0.717, 1.165) is 0 Å². The molecule has 0 aromatic rings. The maximum absolute atomic E-state index is 12.0. The van der Waals surface area contributed by atoms with Crippen LogP contribution in [0.15, 0.2) is 0 Å². The van der Waals surface area contributed by atoms with Gasteiger partial charge in [0, 0.05) is 6.54 Å². The first-order valence-corrected chi connectivity index (χ1v) is 4.10. The van der Waals surface area contributed by atoms with Crippen molar-refractivity contribution in [2.45, 2.75) is 12.6 Å². The van der Waals surface area contributed by atoms with Crippen LogP contribution in [0.5, 0.6) is 0 Å². The molecule has 7 heteroatoms. The Morgan fingerprint density at radius 3 is 2.43 bits per heavy atom. The molecule has 0 spiro atoms. The molecule has 84 valence electrons. The van der Waals surface area contributed by atoms with Gasteiger partial charge in [-0.2, -0.15) is 13.2 Å². The van der Waals surface area contributed by atoms with Gasteiger partial charge in [-0.1, -0.05) is 0 Å². The number of halogens is 3. The summed E-state index contributed by atoms with van der Waals surface area (Å²) in [6, 6.07) is 0. The molecule has 14 heavy (non-hydrogen) atoms. The van der Waals surface area contributed by atoms with E-state index in [0.29, 0.717) is 13.0 Å². The van der Waals surface area contributed by atoms with Gasteiger partial charge in [0.25, 0.3) is 0 Å². The van der Waals surface area contributed by atoms with Crippen LogP contribution in [0.3, 0.4) is 0 Å². The predicted molar refractivity (Wildman–Crippen MR) is 43.7 cm³/mol. The Labute approximate surface area is 79.3 Å².